The van der Waals surface area contributed by atoms with Gasteiger partial charge in [-0.1, -0.05) is 11.8 Å². The number of thiophene rings is 1. The average Bonchev–Trinajstić information content (AvgIpc) is 2.95. The molecular formula is C15H14F3N5S2. The van der Waals surface area contributed by atoms with Gasteiger partial charge in [0.15, 0.2) is 10.9 Å². The van der Waals surface area contributed by atoms with Gasteiger partial charge in [-0.3, -0.25) is 4.98 Å². The summed E-state index contributed by atoms with van der Waals surface area (Å²) in [4.78, 5) is 11.8. The molecule has 3 aromatic heterocycles. The van der Waals surface area contributed by atoms with Gasteiger partial charge < -0.3 is 11.5 Å². The van der Waals surface area contributed by atoms with Crippen molar-refractivity contribution in [2.75, 3.05) is 5.73 Å². The summed E-state index contributed by atoms with van der Waals surface area (Å²) in [7, 11) is 0. The van der Waals surface area contributed by atoms with Crippen LogP contribution in [0.15, 0.2) is 28.9 Å². The monoisotopic (exact) mass is 385 g/mol. The quantitative estimate of drug-likeness (QED) is 0.521. The van der Waals surface area contributed by atoms with Crippen LogP contribution in [0.25, 0.3) is 10.1 Å². The second-order valence-electron chi connectivity index (χ2n) is 5.29. The molecule has 1 unspecified atom stereocenters. The molecule has 3 heterocycles. The fourth-order valence-corrected chi connectivity index (χ4v) is 4.04. The van der Waals surface area contributed by atoms with E-state index in [1.165, 1.54) is 0 Å². The number of thioether (sulfide) groups is 1. The molecule has 0 bridgehead atoms. The Kier molecular flexibility index (Phi) is 4.85. The topological polar surface area (TPSA) is 90.7 Å². The first-order valence-corrected chi connectivity index (χ1v) is 8.98. The number of hydrogen-bond donors (Lipinski definition) is 2. The van der Waals surface area contributed by atoms with Gasteiger partial charge >= 0.3 is 6.18 Å². The van der Waals surface area contributed by atoms with E-state index in [1.54, 1.807) is 17.5 Å². The third-order valence-electron chi connectivity index (χ3n) is 3.50. The Hall–Kier alpha value is -1.91. The van der Waals surface area contributed by atoms with Gasteiger partial charge in [-0.15, -0.1) is 11.3 Å². The Morgan fingerprint density at radius 2 is 2.04 bits per heavy atom. The molecule has 1 atom stereocenters. The van der Waals surface area contributed by atoms with Crippen LogP contribution in [0.4, 0.5) is 19.0 Å². The van der Waals surface area contributed by atoms with E-state index < -0.39 is 11.9 Å². The molecule has 0 saturated heterocycles. The number of fused-ring (bicyclic) bond motifs is 1. The zero-order valence-corrected chi connectivity index (χ0v) is 14.7. The van der Waals surface area contributed by atoms with Crippen LogP contribution < -0.4 is 11.5 Å². The summed E-state index contributed by atoms with van der Waals surface area (Å²) in [5.41, 5.74) is 11.9. The van der Waals surface area contributed by atoms with Gasteiger partial charge in [0.25, 0.3) is 0 Å². The van der Waals surface area contributed by atoms with Crippen molar-refractivity contribution in [1.82, 2.24) is 15.0 Å². The molecule has 0 saturated carbocycles. The van der Waals surface area contributed by atoms with Crippen molar-refractivity contribution in [3.63, 3.8) is 0 Å². The molecule has 5 nitrogen and oxygen atoms in total. The molecule has 4 N–H and O–H groups in total. The molecule has 0 aliphatic heterocycles. The summed E-state index contributed by atoms with van der Waals surface area (Å²) >= 11 is 2.63. The Morgan fingerprint density at radius 3 is 2.72 bits per heavy atom. The SMILES string of the molecule is CC(Sc1nc(N)cc(C(F)(F)F)n1)c1cc2c(CN)csc2cn1. The number of nitrogens with zero attached hydrogens (tertiary/aromatic N) is 3. The van der Waals surface area contributed by atoms with Crippen molar-refractivity contribution in [2.45, 2.75) is 30.1 Å². The summed E-state index contributed by atoms with van der Waals surface area (Å²) in [6, 6.07) is 2.63. The summed E-state index contributed by atoms with van der Waals surface area (Å²) in [6.45, 7) is 2.24. The number of rotatable bonds is 4. The highest BCUT2D eigenvalue weighted by molar-refractivity contribution is 7.99. The molecule has 0 fully saturated rings. The highest BCUT2D eigenvalue weighted by Gasteiger charge is 2.33. The fraction of sp³-hybridized carbons (Fsp3) is 0.267. The molecule has 25 heavy (non-hydrogen) atoms. The number of alkyl halides is 3. The van der Waals surface area contributed by atoms with Gasteiger partial charge in [-0.25, -0.2) is 9.97 Å². The molecule has 0 spiro atoms. The zero-order chi connectivity index (χ0) is 18.2. The predicted molar refractivity (Wildman–Crippen MR) is 93.2 cm³/mol. The van der Waals surface area contributed by atoms with Gasteiger partial charge in [0.2, 0.25) is 0 Å². The standard InChI is InChI=1S/C15H14F3N5S2/c1-7(10-2-9-8(4-19)6-24-11(9)5-21-10)25-14-22-12(15(16,17)18)3-13(20)23-14/h2-3,5-7H,4,19H2,1H3,(H2,20,22,23). The minimum Gasteiger partial charge on any atom is -0.384 e. The van der Waals surface area contributed by atoms with Crippen molar-refractivity contribution in [3.05, 3.63) is 40.7 Å². The number of anilines is 1. The first-order valence-electron chi connectivity index (χ1n) is 7.22. The van der Waals surface area contributed by atoms with E-state index in [0.29, 0.717) is 12.2 Å². The maximum absolute atomic E-state index is 12.9. The van der Waals surface area contributed by atoms with Gasteiger partial charge in [0, 0.05) is 24.2 Å². The first kappa shape index (κ1) is 17.9. The lowest BCUT2D eigenvalue weighted by molar-refractivity contribution is -0.141. The van der Waals surface area contributed by atoms with Gasteiger partial charge in [-0.05, 0) is 23.9 Å². The highest BCUT2D eigenvalue weighted by Crippen LogP contribution is 2.36. The molecule has 0 radical (unpaired) electrons. The number of halogens is 3. The molecule has 0 aliphatic carbocycles. The predicted octanol–water partition coefficient (Wildman–Crippen LogP) is 4.00. The number of nitrogen functional groups attached to an aromatic ring is 1. The van der Waals surface area contributed by atoms with E-state index in [0.717, 1.165) is 33.5 Å². The molecule has 0 amide bonds. The minimum absolute atomic E-state index is 0.0360. The number of nitrogens with two attached hydrogens (primary N) is 2. The van der Waals surface area contributed by atoms with Crippen molar-refractivity contribution in [2.24, 2.45) is 5.73 Å². The molecule has 132 valence electrons. The van der Waals surface area contributed by atoms with E-state index in [1.807, 2.05) is 18.4 Å². The van der Waals surface area contributed by atoms with E-state index in [2.05, 4.69) is 15.0 Å². The van der Waals surface area contributed by atoms with Crippen LogP contribution >= 0.6 is 23.1 Å². The van der Waals surface area contributed by atoms with Crippen molar-refractivity contribution < 1.29 is 13.2 Å². The average molecular weight is 385 g/mol. The van der Waals surface area contributed by atoms with E-state index in [-0.39, 0.29) is 16.2 Å². The van der Waals surface area contributed by atoms with Gasteiger partial charge in [0.05, 0.1) is 15.6 Å². The van der Waals surface area contributed by atoms with E-state index in [4.69, 9.17) is 11.5 Å². The maximum atomic E-state index is 12.9. The smallest absolute Gasteiger partial charge is 0.384 e. The number of pyridine rings is 1. The molecule has 3 aromatic rings. The second kappa shape index (κ2) is 6.77. The maximum Gasteiger partial charge on any atom is 0.433 e. The van der Waals surface area contributed by atoms with Crippen LogP contribution in [-0.4, -0.2) is 15.0 Å². The Bertz CT molecular complexity index is 910. The van der Waals surface area contributed by atoms with Gasteiger partial charge in [0.1, 0.15) is 5.82 Å². The van der Waals surface area contributed by atoms with Crippen molar-refractivity contribution in [3.8, 4) is 0 Å². The normalized spacial score (nSPS) is 13.3. The molecule has 10 heteroatoms. The lowest BCUT2D eigenvalue weighted by atomic mass is 10.1. The van der Waals surface area contributed by atoms with Crippen LogP contribution in [0.2, 0.25) is 0 Å². The minimum atomic E-state index is -4.57. The van der Waals surface area contributed by atoms with Crippen LogP contribution in [0.1, 0.15) is 29.1 Å². The number of aromatic nitrogens is 3. The molecule has 0 aromatic carbocycles. The van der Waals surface area contributed by atoms with Crippen molar-refractivity contribution >= 4 is 39.0 Å². The second-order valence-corrected chi connectivity index (χ2v) is 7.51. The largest absolute Gasteiger partial charge is 0.433 e. The molecule has 0 aliphatic rings. The Balaban J connectivity index is 1.89. The Morgan fingerprint density at radius 1 is 1.28 bits per heavy atom. The Labute approximate surface area is 149 Å². The lowest BCUT2D eigenvalue weighted by Crippen LogP contribution is -2.11. The number of hydrogen-bond acceptors (Lipinski definition) is 7. The summed E-state index contributed by atoms with van der Waals surface area (Å²) < 4.78 is 39.6. The zero-order valence-electron chi connectivity index (χ0n) is 13.0. The van der Waals surface area contributed by atoms with E-state index >= 15 is 0 Å². The van der Waals surface area contributed by atoms with Crippen LogP contribution in [-0.2, 0) is 12.7 Å². The van der Waals surface area contributed by atoms with Crippen molar-refractivity contribution in [1.29, 1.82) is 0 Å². The fourth-order valence-electron chi connectivity index (χ4n) is 2.24. The summed E-state index contributed by atoms with van der Waals surface area (Å²) in [5, 5.41) is 2.70. The summed E-state index contributed by atoms with van der Waals surface area (Å²) in [5.74, 6) is -0.219. The molecular weight excluding hydrogens is 371 g/mol. The van der Waals surface area contributed by atoms with Gasteiger partial charge in [-0.2, -0.15) is 13.2 Å². The molecule has 3 rings (SSSR count). The first-order chi connectivity index (χ1) is 11.8. The summed E-state index contributed by atoms with van der Waals surface area (Å²) in [6.07, 6.45) is -2.83. The third-order valence-corrected chi connectivity index (χ3v) is 5.47. The van der Waals surface area contributed by atoms with Crippen LogP contribution in [0.5, 0.6) is 0 Å². The van der Waals surface area contributed by atoms with Crippen LogP contribution in [0.3, 0.4) is 0 Å². The third kappa shape index (κ3) is 3.86. The van der Waals surface area contributed by atoms with Crippen LogP contribution in [0, 0.1) is 0 Å². The highest BCUT2D eigenvalue weighted by atomic mass is 32.2. The van der Waals surface area contributed by atoms with E-state index in [9.17, 15) is 13.2 Å². The lowest BCUT2D eigenvalue weighted by Gasteiger charge is -2.12.